The van der Waals surface area contributed by atoms with E-state index in [1.807, 2.05) is 0 Å². The van der Waals surface area contributed by atoms with Gasteiger partial charge in [0, 0.05) is 12.5 Å². The molecule has 3 rings (SSSR count). The predicted molar refractivity (Wildman–Crippen MR) is 73.3 cm³/mol. The summed E-state index contributed by atoms with van der Waals surface area (Å²) in [6.07, 6.45) is -0.963. The smallest absolute Gasteiger partial charge is 0.401 e. The lowest BCUT2D eigenvalue weighted by atomic mass is 9.97. The lowest BCUT2D eigenvalue weighted by molar-refractivity contribution is -0.152. The Morgan fingerprint density at radius 3 is 2.78 bits per heavy atom. The van der Waals surface area contributed by atoms with Crippen LogP contribution in [-0.4, -0.2) is 46.8 Å². The Balaban J connectivity index is 1.47. The van der Waals surface area contributed by atoms with Crippen molar-refractivity contribution in [2.75, 3.05) is 19.6 Å². The molecule has 1 atom stereocenters. The standard InChI is InChI=1S/C14H19F3N4O2/c15-14(16,17)8-21-5-1-2-10(7-21)12(22)18-6-11-19-20-13(23-11)9-3-4-9/h9-10H,1-8H2,(H,18,22). The normalized spacial score (nSPS) is 23.0. The molecule has 128 valence electrons. The average Bonchev–Trinajstić information content (AvgIpc) is 3.22. The van der Waals surface area contributed by atoms with E-state index in [9.17, 15) is 18.0 Å². The van der Waals surface area contributed by atoms with Gasteiger partial charge >= 0.3 is 6.18 Å². The van der Waals surface area contributed by atoms with Crippen molar-refractivity contribution >= 4 is 5.91 Å². The zero-order valence-electron chi connectivity index (χ0n) is 12.6. The van der Waals surface area contributed by atoms with Gasteiger partial charge in [0.2, 0.25) is 17.7 Å². The molecule has 2 heterocycles. The predicted octanol–water partition coefficient (Wildman–Crippen LogP) is 1.84. The molecule has 23 heavy (non-hydrogen) atoms. The van der Waals surface area contributed by atoms with E-state index in [1.165, 1.54) is 4.90 Å². The van der Waals surface area contributed by atoms with E-state index in [-0.39, 0.29) is 19.0 Å². The summed E-state index contributed by atoms with van der Waals surface area (Å²) >= 11 is 0. The van der Waals surface area contributed by atoms with Crippen molar-refractivity contribution in [1.82, 2.24) is 20.4 Å². The molecule has 9 heteroatoms. The Bertz CT molecular complexity index is 556. The SMILES string of the molecule is O=C(NCc1nnc(C2CC2)o1)C1CCCN(CC(F)(F)F)C1. The molecule has 1 saturated heterocycles. The number of hydrogen-bond donors (Lipinski definition) is 1. The number of hydrogen-bond acceptors (Lipinski definition) is 5. The molecule has 6 nitrogen and oxygen atoms in total. The molecule has 2 aliphatic rings. The zero-order chi connectivity index (χ0) is 16.4. The van der Waals surface area contributed by atoms with Gasteiger partial charge in [-0.15, -0.1) is 10.2 Å². The third-order valence-electron chi connectivity index (χ3n) is 4.10. The molecule has 1 N–H and O–H groups in total. The first-order chi connectivity index (χ1) is 10.9. The third-order valence-corrected chi connectivity index (χ3v) is 4.10. The average molecular weight is 332 g/mol. The van der Waals surface area contributed by atoms with Crippen molar-refractivity contribution in [2.24, 2.45) is 5.92 Å². The highest BCUT2D eigenvalue weighted by Crippen LogP contribution is 2.38. The molecule has 0 aromatic carbocycles. The van der Waals surface area contributed by atoms with Crippen LogP contribution in [-0.2, 0) is 11.3 Å². The van der Waals surface area contributed by atoms with Gasteiger partial charge in [0.05, 0.1) is 19.0 Å². The number of carbonyl (C=O) groups excluding carboxylic acids is 1. The number of amides is 1. The highest BCUT2D eigenvalue weighted by atomic mass is 19.4. The van der Waals surface area contributed by atoms with Crippen molar-refractivity contribution < 1.29 is 22.4 Å². The van der Waals surface area contributed by atoms with Crippen molar-refractivity contribution in [3.8, 4) is 0 Å². The van der Waals surface area contributed by atoms with Gasteiger partial charge in [-0.3, -0.25) is 9.69 Å². The number of rotatable bonds is 5. The largest absolute Gasteiger partial charge is 0.423 e. The minimum atomic E-state index is -4.23. The van der Waals surface area contributed by atoms with Crippen molar-refractivity contribution in [2.45, 2.75) is 44.3 Å². The molecule has 1 aliphatic carbocycles. The molecule has 0 bridgehead atoms. The van der Waals surface area contributed by atoms with E-state index >= 15 is 0 Å². The topological polar surface area (TPSA) is 71.3 Å². The number of piperidine rings is 1. The van der Waals surface area contributed by atoms with Crippen LogP contribution in [0.4, 0.5) is 13.2 Å². The number of alkyl halides is 3. The van der Waals surface area contributed by atoms with Crippen molar-refractivity contribution in [3.63, 3.8) is 0 Å². The van der Waals surface area contributed by atoms with Gasteiger partial charge < -0.3 is 9.73 Å². The summed E-state index contributed by atoms with van der Waals surface area (Å²) in [5.74, 6) is 0.590. The van der Waals surface area contributed by atoms with Crippen LogP contribution >= 0.6 is 0 Å². The Morgan fingerprint density at radius 2 is 2.09 bits per heavy atom. The molecule has 1 aliphatic heterocycles. The second-order valence-corrected chi connectivity index (χ2v) is 6.22. The molecule has 0 radical (unpaired) electrons. The lowest BCUT2D eigenvalue weighted by Crippen LogP contribution is -2.45. The van der Waals surface area contributed by atoms with Crippen LogP contribution in [0.2, 0.25) is 0 Å². The van der Waals surface area contributed by atoms with E-state index in [0.29, 0.717) is 37.1 Å². The molecular weight excluding hydrogens is 313 g/mol. The van der Waals surface area contributed by atoms with Crippen molar-refractivity contribution in [3.05, 3.63) is 11.8 Å². The van der Waals surface area contributed by atoms with E-state index in [1.54, 1.807) is 0 Å². The maximum Gasteiger partial charge on any atom is 0.401 e. The molecule has 1 aromatic rings. The van der Waals surface area contributed by atoms with Crippen LogP contribution in [0.3, 0.4) is 0 Å². The Hall–Kier alpha value is -1.64. The summed E-state index contributed by atoms with van der Waals surface area (Å²) in [5, 5.41) is 10.5. The van der Waals surface area contributed by atoms with Gasteiger partial charge in [-0.05, 0) is 32.2 Å². The molecule has 0 spiro atoms. The number of carbonyl (C=O) groups is 1. The van der Waals surface area contributed by atoms with Crippen LogP contribution in [0.5, 0.6) is 0 Å². The lowest BCUT2D eigenvalue weighted by Gasteiger charge is -2.32. The molecule has 1 aromatic heterocycles. The van der Waals surface area contributed by atoms with E-state index in [2.05, 4.69) is 15.5 Å². The molecule has 1 unspecified atom stereocenters. The van der Waals surface area contributed by atoms with Gasteiger partial charge in [0.15, 0.2) is 0 Å². The fourth-order valence-corrected chi connectivity index (χ4v) is 2.81. The summed E-state index contributed by atoms with van der Waals surface area (Å²) in [4.78, 5) is 13.4. The van der Waals surface area contributed by atoms with Crippen molar-refractivity contribution in [1.29, 1.82) is 0 Å². The van der Waals surface area contributed by atoms with Gasteiger partial charge in [-0.2, -0.15) is 13.2 Å². The summed E-state index contributed by atoms with van der Waals surface area (Å²) in [6.45, 7) is -0.348. The third kappa shape index (κ3) is 4.66. The van der Waals surface area contributed by atoms with E-state index in [0.717, 1.165) is 12.8 Å². The fourth-order valence-electron chi connectivity index (χ4n) is 2.81. The maximum absolute atomic E-state index is 12.4. The van der Waals surface area contributed by atoms with Crippen LogP contribution in [0.25, 0.3) is 0 Å². The van der Waals surface area contributed by atoms with Gasteiger partial charge in [0.1, 0.15) is 0 Å². The first-order valence-electron chi connectivity index (χ1n) is 7.80. The summed E-state index contributed by atoms with van der Waals surface area (Å²) < 4.78 is 42.8. The minimum absolute atomic E-state index is 0.119. The van der Waals surface area contributed by atoms with E-state index < -0.39 is 18.6 Å². The number of nitrogens with one attached hydrogen (secondary N) is 1. The highest BCUT2D eigenvalue weighted by Gasteiger charge is 2.34. The number of likely N-dealkylation sites (tertiary alicyclic amines) is 1. The Morgan fingerprint density at radius 1 is 1.30 bits per heavy atom. The van der Waals surface area contributed by atoms with E-state index in [4.69, 9.17) is 4.42 Å². The first-order valence-corrected chi connectivity index (χ1v) is 7.80. The highest BCUT2D eigenvalue weighted by molar-refractivity contribution is 5.78. The second-order valence-electron chi connectivity index (χ2n) is 6.22. The number of nitrogens with zero attached hydrogens (tertiary/aromatic N) is 3. The Labute approximate surface area is 131 Å². The van der Waals surface area contributed by atoms with Gasteiger partial charge in [0.25, 0.3) is 0 Å². The minimum Gasteiger partial charge on any atom is -0.423 e. The Kier molecular flexibility index (Phi) is 4.56. The molecule has 1 amide bonds. The zero-order valence-corrected chi connectivity index (χ0v) is 12.6. The monoisotopic (exact) mass is 332 g/mol. The van der Waals surface area contributed by atoms with Crippen LogP contribution in [0, 0.1) is 5.92 Å². The fraction of sp³-hybridized carbons (Fsp3) is 0.786. The summed E-state index contributed by atoms with van der Waals surface area (Å²) in [6, 6.07) is 0. The number of halogens is 3. The molecular formula is C14H19F3N4O2. The summed E-state index contributed by atoms with van der Waals surface area (Å²) in [7, 11) is 0. The van der Waals surface area contributed by atoms with Gasteiger partial charge in [-0.1, -0.05) is 0 Å². The quantitative estimate of drug-likeness (QED) is 0.891. The van der Waals surface area contributed by atoms with Crippen LogP contribution < -0.4 is 5.32 Å². The first kappa shape index (κ1) is 16.2. The number of aromatic nitrogens is 2. The van der Waals surface area contributed by atoms with Crippen LogP contribution in [0.1, 0.15) is 43.4 Å². The summed E-state index contributed by atoms with van der Waals surface area (Å²) in [5.41, 5.74) is 0. The van der Waals surface area contributed by atoms with Gasteiger partial charge in [-0.25, -0.2) is 0 Å². The molecule has 1 saturated carbocycles. The molecule has 2 fully saturated rings. The van der Waals surface area contributed by atoms with Crippen LogP contribution in [0.15, 0.2) is 4.42 Å². The maximum atomic E-state index is 12.4. The second kappa shape index (κ2) is 6.46.